The monoisotopic (exact) mass is 287 g/mol. The van der Waals surface area contributed by atoms with Crippen molar-refractivity contribution >= 4 is 5.69 Å². The number of hydrogen-bond donors (Lipinski definition) is 1. The van der Waals surface area contributed by atoms with Crippen LogP contribution in [0, 0.1) is 13.8 Å². The van der Waals surface area contributed by atoms with E-state index >= 15 is 0 Å². The third-order valence-corrected chi connectivity index (χ3v) is 3.95. The summed E-state index contributed by atoms with van der Waals surface area (Å²) in [6, 6.07) is 27.8. The first-order valence-corrected chi connectivity index (χ1v) is 7.68. The van der Waals surface area contributed by atoms with Crippen LogP contribution in [0.1, 0.15) is 28.3 Å². The average molecular weight is 287 g/mol. The van der Waals surface area contributed by atoms with Crippen LogP contribution in [0.2, 0.25) is 0 Å². The van der Waals surface area contributed by atoms with E-state index in [9.17, 15) is 0 Å². The van der Waals surface area contributed by atoms with Crippen LogP contribution in [-0.2, 0) is 0 Å². The summed E-state index contributed by atoms with van der Waals surface area (Å²) in [6.45, 7) is 4.32. The molecule has 1 nitrogen and oxygen atoms in total. The van der Waals surface area contributed by atoms with Gasteiger partial charge in [-0.3, -0.25) is 0 Å². The highest BCUT2D eigenvalue weighted by atomic mass is 14.9. The lowest BCUT2D eigenvalue weighted by molar-refractivity contribution is 0.925. The molecule has 1 heteroatoms. The molecular formula is C21H21N. The van der Waals surface area contributed by atoms with Gasteiger partial charge in [-0.2, -0.15) is 0 Å². The normalized spacial score (nSPS) is 11.9. The molecule has 0 aromatic heterocycles. The number of rotatable bonds is 4. The van der Waals surface area contributed by atoms with Gasteiger partial charge in [0.2, 0.25) is 0 Å². The van der Waals surface area contributed by atoms with Gasteiger partial charge in [0.05, 0.1) is 6.04 Å². The van der Waals surface area contributed by atoms with Crippen LogP contribution in [0.5, 0.6) is 0 Å². The lowest BCUT2D eigenvalue weighted by Gasteiger charge is -2.23. The molecule has 0 heterocycles. The number of benzene rings is 3. The zero-order valence-corrected chi connectivity index (χ0v) is 13.1. The molecule has 3 aromatic rings. The number of hydrogen-bond acceptors (Lipinski definition) is 1. The standard InChI is InChI=1S/C21H21N/c1-16-13-14-20(17(2)15-16)21(18-9-5-3-6-10-18)22-19-11-7-4-8-12-19/h3-15,21-22H,1-2H3. The summed E-state index contributed by atoms with van der Waals surface area (Å²) in [5.74, 6) is 0. The fourth-order valence-corrected chi connectivity index (χ4v) is 2.84. The van der Waals surface area contributed by atoms with Crippen LogP contribution in [0.3, 0.4) is 0 Å². The van der Waals surface area contributed by atoms with Crippen molar-refractivity contribution in [3.8, 4) is 0 Å². The van der Waals surface area contributed by atoms with Crippen molar-refractivity contribution < 1.29 is 0 Å². The number of aryl methyl sites for hydroxylation is 2. The average Bonchev–Trinajstić information content (AvgIpc) is 2.55. The molecule has 1 N–H and O–H groups in total. The Hall–Kier alpha value is -2.54. The highest BCUT2D eigenvalue weighted by molar-refractivity contribution is 5.50. The summed E-state index contributed by atoms with van der Waals surface area (Å²) in [5.41, 5.74) is 6.35. The first-order valence-electron chi connectivity index (χ1n) is 7.68. The molecule has 0 aliphatic heterocycles. The molecule has 0 aliphatic carbocycles. The lowest BCUT2D eigenvalue weighted by atomic mass is 9.93. The van der Waals surface area contributed by atoms with Crippen molar-refractivity contribution in [2.24, 2.45) is 0 Å². The molecule has 110 valence electrons. The first kappa shape index (κ1) is 14.4. The van der Waals surface area contributed by atoms with Gasteiger partial charge in [-0.1, -0.05) is 72.3 Å². The maximum atomic E-state index is 3.67. The van der Waals surface area contributed by atoms with E-state index in [1.54, 1.807) is 0 Å². The molecule has 0 fully saturated rings. The molecule has 1 atom stereocenters. The molecule has 0 spiro atoms. The summed E-state index contributed by atoms with van der Waals surface area (Å²) in [4.78, 5) is 0. The SMILES string of the molecule is Cc1ccc(C(Nc2ccccc2)c2ccccc2)c(C)c1. The Balaban J connectivity index is 2.03. The topological polar surface area (TPSA) is 12.0 Å². The van der Waals surface area contributed by atoms with Gasteiger partial charge in [-0.25, -0.2) is 0 Å². The Labute approximate surface area is 132 Å². The Kier molecular flexibility index (Phi) is 4.24. The van der Waals surface area contributed by atoms with Gasteiger partial charge in [0.25, 0.3) is 0 Å². The minimum absolute atomic E-state index is 0.157. The number of nitrogens with one attached hydrogen (secondary N) is 1. The molecule has 0 amide bonds. The number of para-hydroxylation sites is 1. The summed E-state index contributed by atoms with van der Waals surface area (Å²) in [6.07, 6.45) is 0. The van der Waals surface area contributed by atoms with E-state index in [-0.39, 0.29) is 6.04 Å². The minimum atomic E-state index is 0.157. The fourth-order valence-electron chi connectivity index (χ4n) is 2.84. The maximum absolute atomic E-state index is 3.67. The highest BCUT2D eigenvalue weighted by Gasteiger charge is 2.15. The predicted molar refractivity (Wildman–Crippen MR) is 94.3 cm³/mol. The summed E-state index contributed by atoms with van der Waals surface area (Å²) >= 11 is 0. The van der Waals surface area contributed by atoms with Crippen molar-refractivity contribution in [2.45, 2.75) is 19.9 Å². The van der Waals surface area contributed by atoms with E-state index in [1.165, 1.54) is 22.3 Å². The second-order valence-electron chi connectivity index (χ2n) is 5.71. The Morgan fingerprint density at radius 1 is 0.727 bits per heavy atom. The van der Waals surface area contributed by atoms with Crippen LogP contribution in [-0.4, -0.2) is 0 Å². The largest absolute Gasteiger partial charge is 0.374 e. The van der Waals surface area contributed by atoms with E-state index in [0.29, 0.717) is 0 Å². The summed E-state index contributed by atoms with van der Waals surface area (Å²) in [5, 5.41) is 3.67. The van der Waals surface area contributed by atoms with Crippen LogP contribution < -0.4 is 5.32 Å². The van der Waals surface area contributed by atoms with Gasteiger partial charge in [0.15, 0.2) is 0 Å². The van der Waals surface area contributed by atoms with Crippen molar-refractivity contribution in [1.82, 2.24) is 0 Å². The highest BCUT2D eigenvalue weighted by Crippen LogP contribution is 2.29. The van der Waals surface area contributed by atoms with Crippen molar-refractivity contribution in [2.75, 3.05) is 5.32 Å². The van der Waals surface area contributed by atoms with Gasteiger partial charge in [-0.05, 0) is 42.7 Å². The Bertz CT molecular complexity index is 732. The molecule has 0 radical (unpaired) electrons. The predicted octanol–water partition coefficient (Wildman–Crippen LogP) is 5.50. The van der Waals surface area contributed by atoms with E-state index < -0.39 is 0 Å². The third-order valence-electron chi connectivity index (χ3n) is 3.95. The van der Waals surface area contributed by atoms with E-state index in [1.807, 2.05) is 6.07 Å². The molecule has 0 bridgehead atoms. The van der Waals surface area contributed by atoms with Crippen molar-refractivity contribution in [3.63, 3.8) is 0 Å². The smallest absolute Gasteiger partial charge is 0.0770 e. The first-order chi connectivity index (χ1) is 10.7. The van der Waals surface area contributed by atoms with Gasteiger partial charge in [-0.15, -0.1) is 0 Å². The molecule has 3 aromatic carbocycles. The molecule has 0 saturated heterocycles. The summed E-state index contributed by atoms with van der Waals surface area (Å²) < 4.78 is 0. The molecular weight excluding hydrogens is 266 g/mol. The number of anilines is 1. The molecule has 22 heavy (non-hydrogen) atoms. The second kappa shape index (κ2) is 6.48. The quantitative estimate of drug-likeness (QED) is 0.667. The molecule has 0 aliphatic rings. The zero-order chi connectivity index (χ0) is 15.4. The van der Waals surface area contributed by atoms with Gasteiger partial charge in [0, 0.05) is 5.69 Å². The van der Waals surface area contributed by atoms with Crippen LogP contribution in [0.15, 0.2) is 78.9 Å². The third kappa shape index (κ3) is 3.20. The van der Waals surface area contributed by atoms with Crippen LogP contribution in [0.25, 0.3) is 0 Å². The van der Waals surface area contributed by atoms with Gasteiger partial charge >= 0.3 is 0 Å². The lowest BCUT2D eigenvalue weighted by Crippen LogP contribution is -2.13. The van der Waals surface area contributed by atoms with Gasteiger partial charge < -0.3 is 5.32 Å². The van der Waals surface area contributed by atoms with Crippen molar-refractivity contribution in [3.05, 3.63) is 101 Å². The van der Waals surface area contributed by atoms with Crippen molar-refractivity contribution in [1.29, 1.82) is 0 Å². The second-order valence-corrected chi connectivity index (χ2v) is 5.71. The Morgan fingerprint density at radius 3 is 2.00 bits per heavy atom. The Morgan fingerprint density at radius 2 is 1.36 bits per heavy atom. The zero-order valence-electron chi connectivity index (χ0n) is 13.1. The minimum Gasteiger partial charge on any atom is -0.374 e. The molecule has 1 unspecified atom stereocenters. The summed E-state index contributed by atoms with van der Waals surface area (Å²) in [7, 11) is 0. The molecule has 3 rings (SSSR count). The fraction of sp³-hybridized carbons (Fsp3) is 0.143. The molecule has 0 saturated carbocycles. The van der Waals surface area contributed by atoms with E-state index in [2.05, 4.69) is 92.0 Å². The maximum Gasteiger partial charge on any atom is 0.0770 e. The van der Waals surface area contributed by atoms with E-state index in [4.69, 9.17) is 0 Å². The van der Waals surface area contributed by atoms with Crippen LogP contribution >= 0.6 is 0 Å². The van der Waals surface area contributed by atoms with E-state index in [0.717, 1.165) is 5.69 Å². The van der Waals surface area contributed by atoms with Crippen LogP contribution in [0.4, 0.5) is 5.69 Å². The van der Waals surface area contributed by atoms with Gasteiger partial charge in [0.1, 0.15) is 0 Å².